The van der Waals surface area contributed by atoms with Crippen LogP contribution in [0.5, 0.6) is 0 Å². The van der Waals surface area contributed by atoms with Crippen LogP contribution in [-0.4, -0.2) is 98.8 Å². The van der Waals surface area contributed by atoms with E-state index >= 15 is 0 Å². The highest BCUT2D eigenvalue weighted by atomic mass is 16.5. The second-order valence-corrected chi connectivity index (χ2v) is 16.6. The second-order valence-electron chi connectivity index (χ2n) is 16.6. The number of aliphatic hydroxyl groups excluding tert-OH is 3. The third kappa shape index (κ3) is 25.1. The molecule has 12 heteroatoms. The lowest BCUT2D eigenvalue weighted by Crippen LogP contribution is -2.69. The quantitative estimate of drug-likeness (QED) is 0.0338. The van der Waals surface area contributed by atoms with Crippen LogP contribution in [0, 0.1) is 0 Å². The zero-order valence-electron chi connectivity index (χ0n) is 36.4. The number of rotatable bonds is 37. The fourth-order valence-corrected chi connectivity index (χ4v) is 7.72. The van der Waals surface area contributed by atoms with Gasteiger partial charge in [0.1, 0.15) is 30.4 Å². The van der Waals surface area contributed by atoms with E-state index in [1.165, 1.54) is 129 Å². The molecule has 0 aromatic heterocycles. The topological polar surface area (TPSA) is 186 Å². The van der Waals surface area contributed by atoms with Gasteiger partial charge in [0, 0.05) is 19.4 Å². The van der Waals surface area contributed by atoms with Gasteiger partial charge in [0.25, 0.3) is 0 Å². The summed E-state index contributed by atoms with van der Waals surface area (Å²) in [5.41, 5.74) is 0. The maximum absolute atomic E-state index is 14.0. The van der Waals surface area contributed by atoms with E-state index in [1.807, 2.05) is 0 Å². The van der Waals surface area contributed by atoms with E-state index in [4.69, 9.17) is 9.84 Å². The number of aliphatic hydroxyl groups is 3. The Labute approximate surface area is 346 Å². The SMILES string of the molecule is CCCCCCCCCCCCCCCCCC(=O)N(CCCCCCCCCCCCCC)[C@@H]1O[C@H](CO)[C@@H](O)[C@H](O)[C@@H]1NC(=O)[C@H](C)NC(=O)CCC(=O)O. The summed E-state index contributed by atoms with van der Waals surface area (Å²) < 4.78 is 6.10. The molecule has 0 spiro atoms. The maximum Gasteiger partial charge on any atom is 0.303 e. The molecule has 0 bridgehead atoms. The Hall–Kier alpha value is -2.28. The van der Waals surface area contributed by atoms with Gasteiger partial charge in [-0.2, -0.15) is 0 Å². The van der Waals surface area contributed by atoms with Gasteiger partial charge in [-0.3, -0.25) is 19.2 Å². The number of hydrogen-bond acceptors (Lipinski definition) is 8. The number of aliphatic carboxylic acids is 1. The van der Waals surface area contributed by atoms with Crippen LogP contribution in [0.15, 0.2) is 0 Å². The van der Waals surface area contributed by atoms with Gasteiger partial charge in [-0.05, 0) is 19.8 Å². The van der Waals surface area contributed by atoms with E-state index in [0.717, 1.165) is 38.5 Å². The van der Waals surface area contributed by atoms with Crippen LogP contribution in [0.2, 0.25) is 0 Å². The molecule has 0 saturated carbocycles. The highest BCUT2D eigenvalue weighted by Gasteiger charge is 2.48. The number of ether oxygens (including phenoxy) is 1. The van der Waals surface area contributed by atoms with Crippen molar-refractivity contribution in [2.24, 2.45) is 0 Å². The predicted octanol–water partition coefficient (Wildman–Crippen LogP) is 8.07. The van der Waals surface area contributed by atoms with Crippen molar-refractivity contribution in [3.63, 3.8) is 0 Å². The van der Waals surface area contributed by atoms with E-state index in [-0.39, 0.29) is 25.2 Å². The molecular formula is C45H85N3O9. The summed E-state index contributed by atoms with van der Waals surface area (Å²) in [6.45, 7) is 5.65. The molecule has 334 valence electrons. The average Bonchev–Trinajstić information content (AvgIpc) is 3.19. The summed E-state index contributed by atoms with van der Waals surface area (Å²) in [5, 5.41) is 46.1. The van der Waals surface area contributed by atoms with Crippen molar-refractivity contribution < 1.29 is 44.3 Å². The van der Waals surface area contributed by atoms with Gasteiger partial charge in [0.05, 0.1) is 13.0 Å². The third-order valence-corrected chi connectivity index (χ3v) is 11.4. The zero-order valence-corrected chi connectivity index (χ0v) is 36.4. The van der Waals surface area contributed by atoms with Gasteiger partial charge in [-0.15, -0.1) is 0 Å². The van der Waals surface area contributed by atoms with Crippen molar-refractivity contribution in [2.45, 2.75) is 250 Å². The third-order valence-electron chi connectivity index (χ3n) is 11.4. The Morgan fingerprint density at radius 1 is 0.596 bits per heavy atom. The fraction of sp³-hybridized carbons (Fsp3) is 0.911. The van der Waals surface area contributed by atoms with Crippen LogP contribution in [0.4, 0.5) is 0 Å². The number of carbonyl (C=O) groups excluding carboxylic acids is 3. The van der Waals surface area contributed by atoms with Crippen molar-refractivity contribution in [1.82, 2.24) is 15.5 Å². The molecule has 1 rings (SSSR count). The smallest absolute Gasteiger partial charge is 0.303 e. The molecule has 0 aromatic rings. The van der Waals surface area contributed by atoms with Gasteiger partial charge < -0.3 is 40.7 Å². The molecule has 12 nitrogen and oxygen atoms in total. The lowest BCUT2D eigenvalue weighted by molar-refractivity contribution is -0.231. The van der Waals surface area contributed by atoms with Crippen molar-refractivity contribution in [3.05, 3.63) is 0 Å². The number of amides is 3. The number of nitrogens with one attached hydrogen (secondary N) is 2. The monoisotopic (exact) mass is 812 g/mol. The maximum atomic E-state index is 14.0. The van der Waals surface area contributed by atoms with E-state index in [2.05, 4.69) is 24.5 Å². The molecule has 0 aromatic carbocycles. The van der Waals surface area contributed by atoms with Crippen molar-refractivity contribution in [2.75, 3.05) is 13.2 Å². The summed E-state index contributed by atoms with van der Waals surface area (Å²) in [6.07, 6.45) is 26.3. The van der Waals surface area contributed by atoms with Crippen LogP contribution in [0.1, 0.15) is 213 Å². The first-order valence-corrected chi connectivity index (χ1v) is 23.3. The Morgan fingerprint density at radius 2 is 1.02 bits per heavy atom. The van der Waals surface area contributed by atoms with Crippen LogP contribution in [-0.2, 0) is 23.9 Å². The normalized spacial score (nSPS) is 19.9. The van der Waals surface area contributed by atoms with E-state index in [0.29, 0.717) is 19.4 Å². The summed E-state index contributed by atoms with van der Waals surface area (Å²) >= 11 is 0. The number of carboxylic acids is 1. The minimum Gasteiger partial charge on any atom is -0.481 e. The Balaban J connectivity index is 2.80. The van der Waals surface area contributed by atoms with Gasteiger partial charge >= 0.3 is 5.97 Å². The molecule has 3 amide bonds. The lowest BCUT2D eigenvalue weighted by Gasteiger charge is -2.47. The van der Waals surface area contributed by atoms with Gasteiger partial charge in [0.2, 0.25) is 17.7 Å². The minimum absolute atomic E-state index is 0.174. The molecule has 0 radical (unpaired) electrons. The number of carbonyl (C=O) groups is 4. The number of unbranched alkanes of at least 4 members (excludes halogenated alkanes) is 25. The predicted molar refractivity (Wildman–Crippen MR) is 227 cm³/mol. The van der Waals surface area contributed by atoms with Crippen LogP contribution in [0.25, 0.3) is 0 Å². The first kappa shape index (κ1) is 52.7. The molecular weight excluding hydrogens is 727 g/mol. The van der Waals surface area contributed by atoms with E-state index < -0.39 is 61.0 Å². The van der Waals surface area contributed by atoms with Crippen molar-refractivity contribution in [1.29, 1.82) is 0 Å². The van der Waals surface area contributed by atoms with Crippen molar-refractivity contribution >= 4 is 23.7 Å². The van der Waals surface area contributed by atoms with E-state index in [9.17, 15) is 34.5 Å². The minimum atomic E-state index is -1.57. The largest absolute Gasteiger partial charge is 0.481 e. The first-order valence-electron chi connectivity index (χ1n) is 23.3. The molecule has 1 aliphatic rings. The number of hydrogen-bond donors (Lipinski definition) is 6. The van der Waals surface area contributed by atoms with Crippen LogP contribution < -0.4 is 10.6 Å². The Bertz CT molecular complexity index is 1050. The number of nitrogens with zero attached hydrogens (tertiary/aromatic N) is 1. The Morgan fingerprint density at radius 3 is 1.44 bits per heavy atom. The zero-order chi connectivity index (χ0) is 42.1. The van der Waals surface area contributed by atoms with Crippen LogP contribution >= 0.6 is 0 Å². The van der Waals surface area contributed by atoms with Crippen LogP contribution in [0.3, 0.4) is 0 Å². The van der Waals surface area contributed by atoms with E-state index in [1.54, 1.807) is 4.90 Å². The highest BCUT2D eigenvalue weighted by Crippen LogP contribution is 2.26. The molecule has 1 heterocycles. The standard InChI is InChI=1S/C45H85N3O9/c1-4-6-8-10-12-14-16-18-19-20-21-23-25-27-29-31-39(51)48(34-30-28-26-24-22-17-15-13-11-9-7-5-2)45-41(43(55)42(54)37(35-49)57-45)47-44(56)36(3)46-38(50)32-33-40(52)53/h36-37,41-43,45,49,54-55H,4-35H2,1-3H3,(H,46,50)(H,47,56)(H,52,53)/t36-,37+,41-,42+,43+,45+/m0/s1. The fourth-order valence-electron chi connectivity index (χ4n) is 7.72. The summed E-state index contributed by atoms with van der Waals surface area (Å²) in [6, 6.07) is -2.33. The summed E-state index contributed by atoms with van der Waals surface area (Å²) in [7, 11) is 0. The first-order chi connectivity index (χ1) is 27.6. The van der Waals surface area contributed by atoms with Crippen molar-refractivity contribution in [3.8, 4) is 0 Å². The second kappa shape index (κ2) is 34.6. The molecule has 1 fully saturated rings. The highest BCUT2D eigenvalue weighted by molar-refractivity contribution is 5.88. The molecule has 0 unspecified atom stereocenters. The van der Waals surface area contributed by atoms with Gasteiger partial charge in [-0.25, -0.2) is 0 Å². The lowest BCUT2D eigenvalue weighted by atomic mass is 9.94. The van der Waals surface area contributed by atoms with Gasteiger partial charge in [-0.1, -0.05) is 174 Å². The molecule has 6 N–H and O–H groups in total. The Kier molecular flexibility index (Phi) is 32.0. The molecule has 0 aliphatic carbocycles. The molecule has 1 saturated heterocycles. The molecule has 1 aliphatic heterocycles. The molecule has 57 heavy (non-hydrogen) atoms. The van der Waals surface area contributed by atoms with Gasteiger partial charge in [0.15, 0.2) is 6.23 Å². The average molecular weight is 812 g/mol. The number of carboxylic acid groups (broad SMARTS) is 1. The molecule has 6 atom stereocenters. The summed E-state index contributed by atoms with van der Waals surface area (Å²) in [4.78, 5) is 51.9. The summed E-state index contributed by atoms with van der Waals surface area (Å²) in [5.74, 6) is -2.62.